The first-order valence-electron chi connectivity index (χ1n) is 6.81. The highest BCUT2D eigenvalue weighted by Gasteiger charge is 2.17. The van der Waals surface area contributed by atoms with Gasteiger partial charge in [0.1, 0.15) is 0 Å². The lowest BCUT2D eigenvalue weighted by atomic mass is 9.90. The molecule has 0 heterocycles. The first kappa shape index (κ1) is 16.0. The van der Waals surface area contributed by atoms with Crippen molar-refractivity contribution in [2.75, 3.05) is 12.4 Å². The number of carbonyl (C=O) groups excluding carboxylic acids is 1. The Bertz CT molecular complexity index is 398. The Morgan fingerprint density at radius 1 is 1.26 bits per heavy atom. The first-order valence-corrected chi connectivity index (χ1v) is 7.35. The SMILES string of the molecule is Cc1ccc(CCC(=O)NCC(C)(C)CCCl)cc1. The summed E-state index contributed by atoms with van der Waals surface area (Å²) in [5, 5.41) is 2.99. The van der Waals surface area contributed by atoms with Gasteiger partial charge in [0.2, 0.25) is 5.91 Å². The molecule has 0 radical (unpaired) electrons. The van der Waals surface area contributed by atoms with Crippen LogP contribution in [0.5, 0.6) is 0 Å². The summed E-state index contributed by atoms with van der Waals surface area (Å²) in [4.78, 5) is 11.8. The molecule has 0 unspecified atom stereocenters. The molecule has 1 aromatic carbocycles. The van der Waals surface area contributed by atoms with Crippen molar-refractivity contribution in [3.63, 3.8) is 0 Å². The molecule has 0 saturated heterocycles. The van der Waals surface area contributed by atoms with E-state index in [4.69, 9.17) is 11.6 Å². The highest BCUT2D eigenvalue weighted by Crippen LogP contribution is 2.19. The molecule has 0 spiro atoms. The summed E-state index contributed by atoms with van der Waals surface area (Å²) in [6.07, 6.45) is 2.24. The molecule has 0 aliphatic carbocycles. The van der Waals surface area contributed by atoms with E-state index < -0.39 is 0 Å². The van der Waals surface area contributed by atoms with Crippen LogP contribution in [0.15, 0.2) is 24.3 Å². The summed E-state index contributed by atoms with van der Waals surface area (Å²) in [6.45, 7) is 6.99. The van der Waals surface area contributed by atoms with Crippen molar-refractivity contribution in [2.45, 2.75) is 40.0 Å². The summed E-state index contributed by atoms with van der Waals surface area (Å²) in [7, 11) is 0. The molecular weight excluding hydrogens is 258 g/mol. The molecule has 1 rings (SSSR count). The number of carbonyl (C=O) groups is 1. The minimum atomic E-state index is 0.0707. The zero-order valence-electron chi connectivity index (χ0n) is 12.1. The number of alkyl halides is 1. The molecule has 3 heteroatoms. The standard InChI is InChI=1S/C16H24ClNO/c1-13-4-6-14(7-5-13)8-9-15(19)18-12-16(2,3)10-11-17/h4-7H,8-12H2,1-3H3,(H,18,19). The highest BCUT2D eigenvalue weighted by atomic mass is 35.5. The highest BCUT2D eigenvalue weighted by molar-refractivity contribution is 6.17. The van der Waals surface area contributed by atoms with Crippen molar-refractivity contribution in [1.29, 1.82) is 0 Å². The molecule has 0 bridgehead atoms. The Labute approximate surface area is 121 Å². The molecule has 1 N–H and O–H groups in total. The van der Waals surface area contributed by atoms with E-state index in [1.54, 1.807) is 0 Å². The zero-order valence-corrected chi connectivity index (χ0v) is 12.9. The molecule has 0 aromatic heterocycles. The number of aryl methyl sites for hydroxylation is 2. The largest absolute Gasteiger partial charge is 0.356 e. The van der Waals surface area contributed by atoms with Crippen molar-refractivity contribution < 1.29 is 4.79 Å². The van der Waals surface area contributed by atoms with Crippen LogP contribution in [0.1, 0.15) is 37.8 Å². The van der Waals surface area contributed by atoms with Gasteiger partial charge in [-0.15, -0.1) is 11.6 Å². The summed E-state index contributed by atoms with van der Waals surface area (Å²) < 4.78 is 0. The number of hydrogen-bond acceptors (Lipinski definition) is 1. The minimum Gasteiger partial charge on any atom is -0.356 e. The average molecular weight is 282 g/mol. The van der Waals surface area contributed by atoms with Gasteiger partial charge in [0.15, 0.2) is 0 Å². The van der Waals surface area contributed by atoms with Crippen LogP contribution in [0.2, 0.25) is 0 Å². The van der Waals surface area contributed by atoms with Crippen molar-refractivity contribution in [1.82, 2.24) is 5.32 Å². The van der Waals surface area contributed by atoms with Crippen LogP contribution >= 0.6 is 11.6 Å². The van der Waals surface area contributed by atoms with Crippen LogP contribution in [0.4, 0.5) is 0 Å². The van der Waals surface area contributed by atoms with E-state index in [1.807, 2.05) is 0 Å². The topological polar surface area (TPSA) is 29.1 Å². The third-order valence-electron chi connectivity index (χ3n) is 3.30. The van der Waals surface area contributed by atoms with Gasteiger partial charge in [-0.05, 0) is 30.7 Å². The fourth-order valence-corrected chi connectivity index (χ4v) is 2.29. The van der Waals surface area contributed by atoms with Gasteiger partial charge in [-0.2, -0.15) is 0 Å². The molecule has 1 aromatic rings. The maximum Gasteiger partial charge on any atom is 0.220 e. The second kappa shape index (κ2) is 7.54. The fourth-order valence-electron chi connectivity index (χ4n) is 1.78. The number of benzene rings is 1. The normalized spacial score (nSPS) is 11.4. The second-order valence-corrected chi connectivity index (χ2v) is 6.24. The van der Waals surface area contributed by atoms with Crippen LogP contribution in [-0.2, 0) is 11.2 Å². The molecule has 0 atom stereocenters. The van der Waals surface area contributed by atoms with E-state index in [1.165, 1.54) is 11.1 Å². The molecular formula is C16H24ClNO. The van der Waals surface area contributed by atoms with Crippen LogP contribution in [0, 0.1) is 12.3 Å². The minimum absolute atomic E-state index is 0.0707. The van der Waals surface area contributed by atoms with E-state index in [0.717, 1.165) is 12.8 Å². The van der Waals surface area contributed by atoms with Gasteiger partial charge in [-0.25, -0.2) is 0 Å². The van der Waals surface area contributed by atoms with Gasteiger partial charge >= 0.3 is 0 Å². The molecule has 106 valence electrons. The Morgan fingerprint density at radius 2 is 1.89 bits per heavy atom. The van der Waals surface area contributed by atoms with Crippen molar-refractivity contribution in [3.05, 3.63) is 35.4 Å². The van der Waals surface area contributed by atoms with Crippen LogP contribution in [-0.4, -0.2) is 18.3 Å². The lowest BCUT2D eigenvalue weighted by molar-refractivity contribution is -0.121. The summed E-state index contributed by atoms with van der Waals surface area (Å²) in [5.74, 6) is 0.745. The number of nitrogens with one attached hydrogen (secondary N) is 1. The lowest BCUT2D eigenvalue weighted by Crippen LogP contribution is -2.34. The second-order valence-electron chi connectivity index (χ2n) is 5.87. The number of hydrogen-bond donors (Lipinski definition) is 1. The molecule has 1 amide bonds. The van der Waals surface area contributed by atoms with E-state index in [-0.39, 0.29) is 11.3 Å². The van der Waals surface area contributed by atoms with Crippen molar-refractivity contribution in [3.8, 4) is 0 Å². The maximum atomic E-state index is 11.8. The summed E-state index contributed by atoms with van der Waals surface area (Å²) in [5.41, 5.74) is 2.53. The first-order chi connectivity index (χ1) is 8.93. The van der Waals surface area contributed by atoms with Crippen LogP contribution < -0.4 is 5.32 Å². The zero-order chi connectivity index (χ0) is 14.3. The van der Waals surface area contributed by atoms with Crippen LogP contribution in [0.3, 0.4) is 0 Å². The van der Waals surface area contributed by atoms with E-state index in [2.05, 4.69) is 50.4 Å². The smallest absolute Gasteiger partial charge is 0.220 e. The average Bonchev–Trinajstić information content (AvgIpc) is 2.36. The summed E-state index contributed by atoms with van der Waals surface area (Å²) in [6, 6.07) is 8.33. The fraction of sp³-hybridized carbons (Fsp3) is 0.562. The van der Waals surface area contributed by atoms with E-state index in [0.29, 0.717) is 18.8 Å². The monoisotopic (exact) mass is 281 g/mol. The molecule has 2 nitrogen and oxygen atoms in total. The Balaban J connectivity index is 2.30. The number of amides is 1. The molecule has 0 aliphatic heterocycles. The Morgan fingerprint density at radius 3 is 2.47 bits per heavy atom. The van der Waals surface area contributed by atoms with Crippen LogP contribution in [0.25, 0.3) is 0 Å². The van der Waals surface area contributed by atoms with Gasteiger partial charge in [-0.3, -0.25) is 4.79 Å². The Kier molecular flexibility index (Phi) is 6.36. The van der Waals surface area contributed by atoms with Gasteiger partial charge in [0, 0.05) is 18.8 Å². The van der Waals surface area contributed by atoms with Crippen molar-refractivity contribution in [2.24, 2.45) is 5.41 Å². The number of rotatable bonds is 7. The number of halogens is 1. The van der Waals surface area contributed by atoms with Gasteiger partial charge in [0.05, 0.1) is 0 Å². The van der Waals surface area contributed by atoms with Gasteiger partial charge in [0.25, 0.3) is 0 Å². The molecule has 0 saturated carbocycles. The maximum absolute atomic E-state index is 11.8. The molecule has 19 heavy (non-hydrogen) atoms. The predicted molar refractivity (Wildman–Crippen MR) is 81.6 cm³/mol. The third-order valence-corrected chi connectivity index (χ3v) is 3.49. The third kappa shape index (κ3) is 6.63. The van der Waals surface area contributed by atoms with Gasteiger partial charge < -0.3 is 5.32 Å². The lowest BCUT2D eigenvalue weighted by Gasteiger charge is -2.23. The summed E-state index contributed by atoms with van der Waals surface area (Å²) >= 11 is 5.74. The van der Waals surface area contributed by atoms with Crippen molar-refractivity contribution >= 4 is 17.5 Å². The van der Waals surface area contributed by atoms with E-state index >= 15 is 0 Å². The predicted octanol–water partition coefficient (Wildman–Crippen LogP) is 3.70. The quantitative estimate of drug-likeness (QED) is 0.759. The molecule has 0 fully saturated rings. The van der Waals surface area contributed by atoms with Gasteiger partial charge in [-0.1, -0.05) is 43.7 Å². The van der Waals surface area contributed by atoms with E-state index in [9.17, 15) is 4.79 Å². The Hall–Kier alpha value is -1.02. The molecule has 0 aliphatic rings.